The molecule has 0 radical (unpaired) electrons. The smallest absolute Gasteiger partial charge is 0.439 e. The molecule has 2 aliphatic rings. The first-order valence-corrected chi connectivity index (χ1v) is 10.0. The Hall–Kier alpha value is -3.40. The monoisotopic (exact) mass is 398 g/mol. The van der Waals surface area contributed by atoms with Gasteiger partial charge in [-0.3, -0.25) is 9.51 Å². The van der Waals surface area contributed by atoms with E-state index in [9.17, 15) is 13.2 Å². The molecule has 0 bridgehead atoms. The lowest BCUT2D eigenvalue weighted by atomic mass is 10.2. The molecule has 0 spiro atoms. The van der Waals surface area contributed by atoms with Gasteiger partial charge in [0, 0.05) is 24.6 Å². The molecule has 0 unspecified atom stereocenters. The van der Waals surface area contributed by atoms with Crippen molar-refractivity contribution >= 4 is 21.5 Å². The molecule has 0 aliphatic carbocycles. The summed E-state index contributed by atoms with van der Waals surface area (Å²) in [5.74, 6) is 1.05. The van der Waals surface area contributed by atoms with Crippen LogP contribution in [-0.2, 0) is 10.0 Å². The summed E-state index contributed by atoms with van der Waals surface area (Å²) in [5, 5.41) is 3.64. The third-order valence-electron chi connectivity index (χ3n) is 4.60. The standard InChI is InChI=1S/C18H14N4O5S/c23-18-19-17(20-27-18)11-3-1-4-12(9-11)26-13-6-7-14-15(10-13)28(24,25)21-16-5-2-8-22(14)16/h1,3-4,6-7,9-10H,2,5,8H2,(H,19,20,23). The van der Waals surface area contributed by atoms with E-state index in [4.69, 9.17) is 4.74 Å². The van der Waals surface area contributed by atoms with Crippen LogP contribution in [0.3, 0.4) is 0 Å². The zero-order valence-electron chi connectivity index (χ0n) is 14.5. The molecule has 28 heavy (non-hydrogen) atoms. The lowest BCUT2D eigenvalue weighted by Gasteiger charge is -2.25. The van der Waals surface area contributed by atoms with Crippen molar-refractivity contribution in [1.82, 2.24) is 10.1 Å². The van der Waals surface area contributed by atoms with Crippen molar-refractivity contribution in [3.8, 4) is 22.9 Å². The summed E-state index contributed by atoms with van der Waals surface area (Å²) in [6.07, 6.45) is 1.54. The summed E-state index contributed by atoms with van der Waals surface area (Å²) in [4.78, 5) is 15.7. The zero-order chi connectivity index (χ0) is 19.3. The number of nitrogens with zero attached hydrogens (tertiary/aromatic N) is 3. The first-order valence-electron chi connectivity index (χ1n) is 8.59. The highest BCUT2D eigenvalue weighted by molar-refractivity contribution is 7.90. The fourth-order valence-electron chi connectivity index (χ4n) is 3.39. The lowest BCUT2D eigenvalue weighted by molar-refractivity contribution is 0.388. The number of fused-ring (bicyclic) bond motifs is 3. The molecule has 0 amide bonds. The van der Waals surface area contributed by atoms with E-state index >= 15 is 0 Å². The molecule has 3 heterocycles. The van der Waals surface area contributed by atoms with Crippen LogP contribution in [0.5, 0.6) is 11.5 Å². The van der Waals surface area contributed by atoms with Gasteiger partial charge in [-0.25, -0.2) is 4.79 Å². The average Bonchev–Trinajstić information content (AvgIpc) is 3.30. The van der Waals surface area contributed by atoms with Crippen LogP contribution >= 0.6 is 0 Å². The number of rotatable bonds is 3. The SMILES string of the molecule is O=c1[nH]c(-c2cccc(Oc3ccc4c(c3)S(=O)(=O)N=C3CCCN34)c2)no1. The van der Waals surface area contributed by atoms with Gasteiger partial charge in [0.05, 0.1) is 5.69 Å². The maximum absolute atomic E-state index is 12.5. The summed E-state index contributed by atoms with van der Waals surface area (Å²) in [7, 11) is -3.76. The normalized spacial score (nSPS) is 17.0. The number of hydrogen-bond acceptors (Lipinski definition) is 7. The van der Waals surface area contributed by atoms with Gasteiger partial charge in [-0.1, -0.05) is 17.3 Å². The van der Waals surface area contributed by atoms with E-state index < -0.39 is 15.8 Å². The largest absolute Gasteiger partial charge is 0.457 e. The molecular formula is C18H14N4O5S. The van der Waals surface area contributed by atoms with E-state index in [2.05, 4.69) is 19.1 Å². The predicted molar refractivity (Wildman–Crippen MR) is 100 cm³/mol. The Labute approximate surface area is 159 Å². The molecule has 2 aromatic carbocycles. The number of sulfonamides is 1. The van der Waals surface area contributed by atoms with Crippen molar-refractivity contribution in [2.24, 2.45) is 4.40 Å². The number of benzene rings is 2. The molecule has 142 valence electrons. The molecule has 9 nitrogen and oxygen atoms in total. The van der Waals surface area contributed by atoms with E-state index in [-0.39, 0.29) is 10.7 Å². The van der Waals surface area contributed by atoms with Gasteiger partial charge < -0.3 is 9.64 Å². The van der Waals surface area contributed by atoms with Crippen molar-refractivity contribution in [2.45, 2.75) is 17.7 Å². The fraction of sp³-hybridized carbons (Fsp3) is 0.167. The van der Waals surface area contributed by atoms with Gasteiger partial charge in [-0.2, -0.15) is 8.42 Å². The second-order valence-corrected chi connectivity index (χ2v) is 8.01. The van der Waals surface area contributed by atoms with Gasteiger partial charge in [-0.15, -0.1) is 4.40 Å². The van der Waals surface area contributed by atoms with Gasteiger partial charge >= 0.3 is 5.76 Å². The number of nitrogens with one attached hydrogen (secondary N) is 1. The summed E-state index contributed by atoms with van der Waals surface area (Å²) >= 11 is 0. The molecule has 5 rings (SSSR count). The molecule has 1 fully saturated rings. The minimum absolute atomic E-state index is 0.132. The molecule has 1 aromatic heterocycles. The highest BCUT2D eigenvalue weighted by atomic mass is 32.2. The fourth-order valence-corrected chi connectivity index (χ4v) is 4.66. The van der Waals surface area contributed by atoms with Crippen molar-refractivity contribution in [1.29, 1.82) is 0 Å². The van der Waals surface area contributed by atoms with Crippen LogP contribution in [-0.4, -0.2) is 30.9 Å². The molecule has 10 heteroatoms. The Morgan fingerprint density at radius 3 is 2.82 bits per heavy atom. The third kappa shape index (κ3) is 2.78. The van der Waals surface area contributed by atoms with E-state index in [0.717, 1.165) is 13.0 Å². The van der Waals surface area contributed by atoms with Gasteiger partial charge in [-0.05, 0) is 30.7 Å². The second-order valence-electron chi connectivity index (χ2n) is 6.44. The Balaban J connectivity index is 1.49. The lowest BCUT2D eigenvalue weighted by Crippen LogP contribution is -2.30. The van der Waals surface area contributed by atoms with E-state index in [1.54, 1.807) is 36.4 Å². The number of anilines is 1. The van der Waals surface area contributed by atoms with Crippen LogP contribution in [0.4, 0.5) is 5.69 Å². The molecule has 3 aromatic rings. The van der Waals surface area contributed by atoms with Crippen LogP contribution in [0.15, 0.2) is 61.1 Å². The highest BCUT2D eigenvalue weighted by Crippen LogP contribution is 2.38. The molecular weight excluding hydrogens is 384 g/mol. The quantitative estimate of drug-likeness (QED) is 0.720. The summed E-state index contributed by atoms with van der Waals surface area (Å²) in [5.41, 5.74) is 1.23. The van der Waals surface area contributed by atoms with Crippen LogP contribution in [0, 0.1) is 0 Å². The summed E-state index contributed by atoms with van der Waals surface area (Å²) in [6, 6.07) is 11.8. The van der Waals surface area contributed by atoms with Crippen LogP contribution < -0.4 is 15.4 Å². The first-order chi connectivity index (χ1) is 13.5. The maximum atomic E-state index is 12.5. The molecule has 0 atom stereocenters. The average molecular weight is 398 g/mol. The Bertz CT molecular complexity index is 1270. The van der Waals surface area contributed by atoms with Crippen molar-refractivity contribution in [3.63, 3.8) is 0 Å². The number of hydrogen-bond donors (Lipinski definition) is 1. The third-order valence-corrected chi connectivity index (χ3v) is 5.94. The first kappa shape index (κ1) is 16.8. The number of ether oxygens (including phenoxy) is 1. The predicted octanol–water partition coefficient (Wildman–Crippen LogP) is 2.52. The topological polar surface area (TPSA) is 118 Å². The van der Waals surface area contributed by atoms with E-state index in [1.165, 1.54) is 6.07 Å². The van der Waals surface area contributed by atoms with Crippen LogP contribution in [0.1, 0.15) is 12.8 Å². The Kier molecular flexibility index (Phi) is 3.63. The van der Waals surface area contributed by atoms with E-state index in [0.29, 0.717) is 35.0 Å². The van der Waals surface area contributed by atoms with Gasteiger partial charge in [0.15, 0.2) is 5.82 Å². The van der Waals surface area contributed by atoms with Crippen LogP contribution in [0.25, 0.3) is 11.4 Å². The number of H-pyrrole nitrogens is 1. The number of amidine groups is 1. The van der Waals surface area contributed by atoms with E-state index in [1.807, 2.05) is 4.90 Å². The van der Waals surface area contributed by atoms with Crippen LogP contribution in [0.2, 0.25) is 0 Å². The number of aromatic amines is 1. The number of aromatic nitrogens is 2. The minimum atomic E-state index is -3.76. The van der Waals surface area contributed by atoms with Gasteiger partial charge in [0.2, 0.25) is 0 Å². The zero-order valence-corrected chi connectivity index (χ0v) is 15.3. The highest BCUT2D eigenvalue weighted by Gasteiger charge is 2.33. The summed E-state index contributed by atoms with van der Waals surface area (Å²) in [6.45, 7) is 0.750. The van der Waals surface area contributed by atoms with Crippen molar-refractivity contribution in [3.05, 3.63) is 53.0 Å². The minimum Gasteiger partial charge on any atom is -0.457 e. The molecule has 2 aliphatic heterocycles. The van der Waals surface area contributed by atoms with Gasteiger partial charge in [0.25, 0.3) is 10.0 Å². The Morgan fingerprint density at radius 1 is 1.14 bits per heavy atom. The molecule has 1 N–H and O–H groups in total. The second kappa shape index (κ2) is 6.06. The maximum Gasteiger partial charge on any atom is 0.439 e. The molecule has 1 saturated heterocycles. The van der Waals surface area contributed by atoms with Gasteiger partial charge in [0.1, 0.15) is 22.2 Å². The molecule has 0 saturated carbocycles. The Morgan fingerprint density at radius 2 is 2.00 bits per heavy atom. The van der Waals surface area contributed by atoms with Crippen molar-refractivity contribution < 1.29 is 17.7 Å². The van der Waals surface area contributed by atoms with Crippen molar-refractivity contribution in [2.75, 3.05) is 11.4 Å². The summed E-state index contributed by atoms with van der Waals surface area (Å²) < 4.78 is 39.4.